The predicted octanol–water partition coefficient (Wildman–Crippen LogP) is 1.94. The van der Waals surface area contributed by atoms with Gasteiger partial charge in [0.05, 0.1) is 5.39 Å². The lowest BCUT2D eigenvalue weighted by molar-refractivity contribution is 0.533. The number of anilines is 2. The van der Waals surface area contributed by atoms with E-state index in [1.54, 1.807) is 12.7 Å². The monoisotopic (exact) mass is 335 g/mol. The van der Waals surface area contributed by atoms with Crippen molar-refractivity contribution >= 4 is 22.7 Å². The maximum absolute atomic E-state index is 4.55. The van der Waals surface area contributed by atoms with Crippen LogP contribution in [0.15, 0.2) is 24.9 Å². The molecule has 0 amide bonds. The Morgan fingerprint density at radius 2 is 1.52 bits per heavy atom. The van der Waals surface area contributed by atoms with E-state index >= 15 is 0 Å². The van der Waals surface area contributed by atoms with Gasteiger partial charge < -0.3 is 14.8 Å². The molecule has 25 heavy (non-hydrogen) atoms. The molecule has 0 aromatic carbocycles. The van der Waals surface area contributed by atoms with Crippen molar-refractivity contribution < 1.29 is 0 Å². The molecule has 0 spiro atoms. The van der Waals surface area contributed by atoms with Crippen molar-refractivity contribution in [2.75, 3.05) is 36.0 Å². The summed E-state index contributed by atoms with van der Waals surface area (Å²) in [6.07, 6.45) is 5.27. The summed E-state index contributed by atoms with van der Waals surface area (Å²) in [6, 6.07) is 2.07. The number of H-pyrrole nitrogens is 1. The van der Waals surface area contributed by atoms with Gasteiger partial charge in [-0.15, -0.1) is 0 Å². The molecule has 5 rings (SSSR count). The van der Waals surface area contributed by atoms with Crippen molar-refractivity contribution in [3.05, 3.63) is 36.2 Å². The molecule has 7 heteroatoms. The smallest absolute Gasteiger partial charge is 0.142 e. The normalized spacial score (nSPS) is 22.8. The third kappa shape index (κ3) is 2.26. The van der Waals surface area contributed by atoms with Gasteiger partial charge in [-0.3, -0.25) is 0 Å². The summed E-state index contributed by atoms with van der Waals surface area (Å²) in [5.74, 6) is 3.46. The van der Waals surface area contributed by atoms with E-state index < -0.39 is 0 Å². The van der Waals surface area contributed by atoms with Gasteiger partial charge in [0.15, 0.2) is 0 Å². The zero-order valence-corrected chi connectivity index (χ0v) is 14.5. The largest absolute Gasteiger partial charge is 0.356 e. The van der Waals surface area contributed by atoms with Gasteiger partial charge in [0, 0.05) is 55.5 Å². The maximum Gasteiger partial charge on any atom is 0.142 e. The molecule has 2 fully saturated rings. The average molecular weight is 335 g/mol. The molecule has 2 atom stereocenters. The molecule has 0 saturated carbocycles. The Bertz CT molecular complexity index is 920. The van der Waals surface area contributed by atoms with Crippen LogP contribution in [-0.2, 0) is 0 Å². The molecule has 3 aromatic heterocycles. The van der Waals surface area contributed by atoms with Gasteiger partial charge in [-0.05, 0) is 19.9 Å². The lowest BCUT2D eigenvalue weighted by atomic mass is 10.0. The van der Waals surface area contributed by atoms with Gasteiger partial charge in [0.1, 0.15) is 29.9 Å². The van der Waals surface area contributed by atoms with Gasteiger partial charge in [0.2, 0.25) is 0 Å². The van der Waals surface area contributed by atoms with Crippen LogP contribution in [-0.4, -0.2) is 51.1 Å². The fraction of sp³-hybridized carbons (Fsp3) is 0.444. The molecule has 3 aromatic rings. The maximum atomic E-state index is 4.55. The van der Waals surface area contributed by atoms with E-state index in [1.165, 1.54) is 5.56 Å². The predicted molar refractivity (Wildman–Crippen MR) is 96.8 cm³/mol. The summed E-state index contributed by atoms with van der Waals surface area (Å²) < 4.78 is 0. The molecule has 2 aliphatic heterocycles. The van der Waals surface area contributed by atoms with Crippen molar-refractivity contribution in [2.45, 2.75) is 13.8 Å². The number of nitrogens with one attached hydrogen (secondary N) is 1. The third-order valence-corrected chi connectivity index (χ3v) is 5.73. The van der Waals surface area contributed by atoms with Gasteiger partial charge >= 0.3 is 0 Å². The van der Waals surface area contributed by atoms with Crippen LogP contribution in [0.5, 0.6) is 0 Å². The summed E-state index contributed by atoms with van der Waals surface area (Å²) in [5.41, 5.74) is 3.18. The van der Waals surface area contributed by atoms with Crippen LogP contribution in [0, 0.1) is 25.7 Å². The second-order valence-electron chi connectivity index (χ2n) is 7.18. The number of aromatic amines is 1. The van der Waals surface area contributed by atoms with E-state index in [1.807, 2.05) is 6.20 Å². The van der Waals surface area contributed by atoms with Crippen molar-refractivity contribution in [1.29, 1.82) is 0 Å². The number of hydrogen-bond acceptors (Lipinski definition) is 6. The Balaban J connectivity index is 1.37. The average Bonchev–Trinajstić information content (AvgIpc) is 3.30. The summed E-state index contributed by atoms with van der Waals surface area (Å²) in [6.45, 7) is 8.37. The number of rotatable bonds is 2. The molecule has 5 heterocycles. The first-order valence-electron chi connectivity index (χ1n) is 8.77. The molecule has 2 saturated heterocycles. The summed E-state index contributed by atoms with van der Waals surface area (Å²) >= 11 is 0. The van der Waals surface area contributed by atoms with Crippen LogP contribution >= 0.6 is 0 Å². The third-order valence-electron chi connectivity index (χ3n) is 5.73. The highest BCUT2D eigenvalue weighted by atomic mass is 15.3. The van der Waals surface area contributed by atoms with Crippen molar-refractivity contribution in [2.24, 2.45) is 11.8 Å². The molecule has 2 aliphatic rings. The van der Waals surface area contributed by atoms with Crippen LogP contribution in [0.2, 0.25) is 0 Å². The molecule has 0 aliphatic carbocycles. The minimum absolute atomic E-state index is 0.652. The molecular formula is C18H21N7. The molecule has 128 valence electrons. The molecule has 0 radical (unpaired) electrons. The first-order chi connectivity index (χ1) is 12.2. The van der Waals surface area contributed by atoms with Crippen LogP contribution in [0.3, 0.4) is 0 Å². The zero-order chi connectivity index (χ0) is 17.0. The van der Waals surface area contributed by atoms with Crippen molar-refractivity contribution in [3.63, 3.8) is 0 Å². The number of aromatic nitrogens is 5. The minimum Gasteiger partial charge on any atom is -0.356 e. The Labute approximate surface area is 146 Å². The SMILES string of the molecule is Cc1ncnc(N2CC3CN(c4ncnc5[nH]ccc45)CC3C2)c1C. The molecule has 2 unspecified atom stereocenters. The fourth-order valence-corrected chi connectivity index (χ4v) is 4.29. The van der Waals surface area contributed by atoms with Crippen LogP contribution in [0.4, 0.5) is 11.6 Å². The lowest BCUT2D eigenvalue weighted by Gasteiger charge is -2.24. The first-order valence-corrected chi connectivity index (χ1v) is 8.77. The highest BCUT2D eigenvalue weighted by Gasteiger charge is 2.41. The minimum atomic E-state index is 0.652. The van der Waals surface area contributed by atoms with E-state index in [9.17, 15) is 0 Å². The summed E-state index contributed by atoms with van der Waals surface area (Å²) in [4.78, 5) is 25.7. The van der Waals surface area contributed by atoms with Crippen LogP contribution in [0.1, 0.15) is 11.3 Å². The van der Waals surface area contributed by atoms with Gasteiger partial charge in [-0.2, -0.15) is 0 Å². The van der Waals surface area contributed by atoms with E-state index in [0.29, 0.717) is 11.8 Å². The number of fused-ring (bicyclic) bond motifs is 2. The zero-order valence-electron chi connectivity index (χ0n) is 14.5. The van der Waals surface area contributed by atoms with Gasteiger partial charge in [-0.25, -0.2) is 19.9 Å². The second kappa shape index (κ2) is 5.40. The van der Waals surface area contributed by atoms with Crippen LogP contribution in [0.25, 0.3) is 11.0 Å². The topological polar surface area (TPSA) is 73.8 Å². The standard InChI is InChI=1S/C18H21N7/c1-11-12(2)20-9-22-17(11)24-5-13-7-25(8-14(13)6-24)18-15-3-4-19-16(15)21-10-23-18/h3-4,9-10,13-14H,5-8H2,1-2H3,(H,19,21,23). The Morgan fingerprint density at radius 3 is 2.28 bits per heavy atom. The lowest BCUT2D eigenvalue weighted by Crippen LogP contribution is -2.30. The molecule has 0 bridgehead atoms. The molecular weight excluding hydrogens is 314 g/mol. The van der Waals surface area contributed by atoms with Gasteiger partial charge in [0.25, 0.3) is 0 Å². The summed E-state index contributed by atoms with van der Waals surface area (Å²) in [7, 11) is 0. The number of nitrogens with zero attached hydrogens (tertiary/aromatic N) is 6. The highest BCUT2D eigenvalue weighted by molar-refractivity contribution is 5.87. The van der Waals surface area contributed by atoms with Crippen molar-refractivity contribution in [3.8, 4) is 0 Å². The Kier molecular flexibility index (Phi) is 3.16. The van der Waals surface area contributed by atoms with Gasteiger partial charge in [-0.1, -0.05) is 0 Å². The first kappa shape index (κ1) is 14.6. The quantitative estimate of drug-likeness (QED) is 0.771. The fourth-order valence-electron chi connectivity index (χ4n) is 4.29. The Morgan fingerprint density at radius 1 is 0.880 bits per heavy atom. The number of aryl methyl sites for hydroxylation is 1. The summed E-state index contributed by atoms with van der Waals surface area (Å²) in [5, 5.41) is 1.11. The molecule has 7 nitrogen and oxygen atoms in total. The molecule has 1 N–H and O–H groups in total. The number of hydrogen-bond donors (Lipinski definition) is 1. The Hall–Kier alpha value is -2.70. The van der Waals surface area contributed by atoms with E-state index in [4.69, 9.17) is 0 Å². The second-order valence-corrected chi connectivity index (χ2v) is 7.18. The van der Waals surface area contributed by atoms with Crippen LogP contribution < -0.4 is 9.80 Å². The van der Waals surface area contributed by atoms with E-state index in [-0.39, 0.29) is 0 Å². The van der Waals surface area contributed by atoms with E-state index in [2.05, 4.69) is 54.6 Å². The highest BCUT2D eigenvalue weighted by Crippen LogP contribution is 2.37. The van der Waals surface area contributed by atoms with Crippen molar-refractivity contribution in [1.82, 2.24) is 24.9 Å². The van der Waals surface area contributed by atoms with E-state index in [0.717, 1.165) is 54.5 Å².